The Labute approximate surface area is 150 Å². The van der Waals surface area contributed by atoms with Crippen molar-refractivity contribution in [3.63, 3.8) is 0 Å². The Morgan fingerprint density at radius 3 is 2.38 bits per heavy atom. The maximum Gasteiger partial charge on any atom is 0.263 e. The van der Waals surface area contributed by atoms with Crippen LogP contribution in [-0.2, 0) is 10.0 Å². The second-order valence-electron chi connectivity index (χ2n) is 5.59. The zero-order chi connectivity index (χ0) is 18.7. The number of anilines is 2. The summed E-state index contributed by atoms with van der Waals surface area (Å²) in [5, 5.41) is 2.97. The summed E-state index contributed by atoms with van der Waals surface area (Å²) < 4.78 is 41.2. The van der Waals surface area contributed by atoms with Crippen LogP contribution in [0.4, 0.5) is 16.0 Å². The number of sulfonamides is 1. The van der Waals surface area contributed by atoms with Crippen LogP contribution in [0, 0.1) is 12.7 Å². The molecular formula is C18H17FN4O2S. The quantitative estimate of drug-likeness (QED) is 0.647. The first-order valence-electron chi connectivity index (χ1n) is 7.81. The summed E-state index contributed by atoms with van der Waals surface area (Å²) in [4.78, 5) is 8.76. The third-order valence-electron chi connectivity index (χ3n) is 3.64. The van der Waals surface area contributed by atoms with Crippen LogP contribution in [0.5, 0.6) is 0 Å². The highest BCUT2D eigenvalue weighted by molar-refractivity contribution is 7.92. The summed E-state index contributed by atoms with van der Waals surface area (Å²) in [6.45, 7) is 5.54. The summed E-state index contributed by atoms with van der Waals surface area (Å²) in [6, 6.07) is 10.6. The monoisotopic (exact) mass is 372 g/mol. The first-order valence-corrected chi connectivity index (χ1v) is 9.29. The fourth-order valence-electron chi connectivity index (χ4n) is 2.46. The zero-order valence-corrected chi connectivity index (χ0v) is 14.8. The van der Waals surface area contributed by atoms with Gasteiger partial charge in [-0.1, -0.05) is 18.2 Å². The lowest BCUT2D eigenvalue weighted by Crippen LogP contribution is -2.17. The molecule has 8 heteroatoms. The normalized spacial score (nSPS) is 11.3. The second-order valence-corrected chi connectivity index (χ2v) is 7.25. The minimum atomic E-state index is -3.96. The van der Waals surface area contributed by atoms with Crippen LogP contribution in [0.15, 0.2) is 60.0 Å². The lowest BCUT2D eigenvalue weighted by molar-refractivity contribution is 0.598. The van der Waals surface area contributed by atoms with E-state index in [0.29, 0.717) is 23.1 Å². The van der Waals surface area contributed by atoms with Crippen LogP contribution in [0.2, 0.25) is 0 Å². The number of para-hydroxylation sites is 2. The summed E-state index contributed by atoms with van der Waals surface area (Å²) >= 11 is 0. The van der Waals surface area contributed by atoms with Crippen molar-refractivity contribution in [1.29, 1.82) is 0 Å². The van der Waals surface area contributed by atoms with Crippen LogP contribution in [0.1, 0.15) is 5.56 Å². The Hall–Kier alpha value is -3.00. The number of halogens is 1. The molecule has 1 aromatic heterocycles. The van der Waals surface area contributed by atoms with Gasteiger partial charge in [0.25, 0.3) is 10.0 Å². The van der Waals surface area contributed by atoms with Crippen molar-refractivity contribution in [1.82, 2.24) is 9.97 Å². The Kier molecular flexibility index (Phi) is 4.85. The molecule has 26 heavy (non-hydrogen) atoms. The summed E-state index contributed by atoms with van der Waals surface area (Å²) in [5.74, 6) is -0.151. The van der Waals surface area contributed by atoms with Gasteiger partial charge < -0.3 is 5.32 Å². The molecule has 3 rings (SSSR count). The molecule has 0 radical (unpaired) electrons. The second kappa shape index (κ2) is 7.09. The number of nitrogens with zero attached hydrogens (tertiary/aromatic N) is 2. The van der Waals surface area contributed by atoms with E-state index < -0.39 is 15.8 Å². The van der Waals surface area contributed by atoms with Gasteiger partial charge in [0, 0.05) is 6.54 Å². The molecular weight excluding hydrogens is 355 g/mol. The van der Waals surface area contributed by atoms with E-state index in [1.807, 2.05) is 6.07 Å². The first kappa shape index (κ1) is 17.8. The Balaban J connectivity index is 2.06. The van der Waals surface area contributed by atoms with Gasteiger partial charge in [0.15, 0.2) is 11.6 Å². The van der Waals surface area contributed by atoms with Crippen molar-refractivity contribution in [2.75, 3.05) is 16.6 Å². The molecule has 0 aliphatic heterocycles. The van der Waals surface area contributed by atoms with E-state index in [4.69, 9.17) is 0 Å². The van der Waals surface area contributed by atoms with Gasteiger partial charge >= 0.3 is 0 Å². The fraction of sp³-hybridized carbons (Fsp3) is 0.111. The molecule has 134 valence electrons. The van der Waals surface area contributed by atoms with Crippen LogP contribution in [0.25, 0.3) is 11.0 Å². The highest BCUT2D eigenvalue weighted by atomic mass is 32.2. The van der Waals surface area contributed by atoms with E-state index in [1.54, 1.807) is 24.3 Å². The largest absolute Gasteiger partial charge is 0.363 e. The number of hydrogen-bond acceptors (Lipinski definition) is 5. The number of aryl methyl sites for hydroxylation is 1. The molecule has 2 N–H and O–H groups in total. The summed E-state index contributed by atoms with van der Waals surface area (Å²) in [6.07, 6.45) is 1.62. The number of nitrogens with one attached hydrogen (secondary N) is 2. The number of benzene rings is 2. The van der Waals surface area contributed by atoms with Crippen LogP contribution in [0.3, 0.4) is 0 Å². The van der Waals surface area contributed by atoms with Gasteiger partial charge in [-0.3, -0.25) is 4.72 Å². The van der Waals surface area contributed by atoms with Gasteiger partial charge in [-0.25, -0.2) is 22.8 Å². The lowest BCUT2D eigenvalue weighted by atomic mass is 10.2. The van der Waals surface area contributed by atoms with E-state index in [9.17, 15) is 12.8 Å². The maximum absolute atomic E-state index is 13.3. The molecule has 0 amide bonds. The van der Waals surface area contributed by atoms with Crippen molar-refractivity contribution in [3.05, 3.63) is 66.5 Å². The molecule has 0 saturated heterocycles. The van der Waals surface area contributed by atoms with E-state index in [2.05, 4.69) is 26.6 Å². The third-order valence-corrected chi connectivity index (χ3v) is 5.14. The molecule has 0 aliphatic rings. The van der Waals surface area contributed by atoms with Crippen LogP contribution >= 0.6 is 0 Å². The highest BCUT2D eigenvalue weighted by Crippen LogP contribution is 2.25. The van der Waals surface area contributed by atoms with Gasteiger partial charge in [0.05, 0.1) is 15.9 Å². The van der Waals surface area contributed by atoms with Crippen molar-refractivity contribution in [2.24, 2.45) is 0 Å². The number of fused-ring (bicyclic) bond motifs is 1. The highest BCUT2D eigenvalue weighted by Gasteiger charge is 2.20. The van der Waals surface area contributed by atoms with Crippen LogP contribution in [-0.4, -0.2) is 24.9 Å². The zero-order valence-electron chi connectivity index (χ0n) is 14.0. The Morgan fingerprint density at radius 1 is 1.12 bits per heavy atom. The predicted molar refractivity (Wildman–Crippen MR) is 100 cm³/mol. The molecule has 0 spiro atoms. The standard InChI is InChI=1S/C18H17FN4O2S/c1-3-10-20-17-18(22-15-7-5-4-6-14(15)21-17)23-26(24,25)16-9-8-13(19)11-12(16)2/h3-9,11H,1,10H2,2H3,(H,20,21)(H,22,23). The molecule has 0 saturated carbocycles. The number of rotatable bonds is 6. The van der Waals surface area contributed by atoms with Crippen molar-refractivity contribution < 1.29 is 12.8 Å². The van der Waals surface area contributed by atoms with E-state index in [-0.39, 0.29) is 16.5 Å². The smallest absolute Gasteiger partial charge is 0.263 e. The maximum atomic E-state index is 13.3. The molecule has 0 fully saturated rings. The average molecular weight is 372 g/mol. The minimum absolute atomic E-state index is 0.0245. The predicted octanol–water partition coefficient (Wildman–Crippen LogP) is 3.48. The van der Waals surface area contributed by atoms with Gasteiger partial charge in [0.1, 0.15) is 5.82 Å². The molecule has 2 aromatic carbocycles. The molecule has 0 unspecified atom stereocenters. The topological polar surface area (TPSA) is 84.0 Å². The van der Waals surface area contributed by atoms with Gasteiger partial charge in [-0.05, 0) is 42.8 Å². The van der Waals surface area contributed by atoms with E-state index >= 15 is 0 Å². The van der Waals surface area contributed by atoms with Gasteiger partial charge in [-0.15, -0.1) is 6.58 Å². The minimum Gasteiger partial charge on any atom is -0.363 e. The first-order chi connectivity index (χ1) is 12.4. The Bertz CT molecular complexity index is 1080. The van der Waals surface area contributed by atoms with Crippen LogP contribution < -0.4 is 10.0 Å². The molecule has 3 aromatic rings. The van der Waals surface area contributed by atoms with Crippen molar-refractivity contribution in [2.45, 2.75) is 11.8 Å². The van der Waals surface area contributed by atoms with Crippen molar-refractivity contribution >= 4 is 32.7 Å². The molecule has 0 bridgehead atoms. The summed E-state index contributed by atoms with van der Waals surface area (Å²) in [5.41, 5.74) is 1.47. The Morgan fingerprint density at radius 2 is 1.77 bits per heavy atom. The average Bonchev–Trinajstić information content (AvgIpc) is 2.59. The summed E-state index contributed by atoms with van der Waals surface area (Å²) in [7, 11) is -3.96. The molecule has 0 aliphatic carbocycles. The molecule has 6 nitrogen and oxygen atoms in total. The van der Waals surface area contributed by atoms with E-state index in [1.165, 1.54) is 13.0 Å². The molecule has 0 atom stereocenters. The number of hydrogen-bond donors (Lipinski definition) is 2. The van der Waals surface area contributed by atoms with E-state index in [0.717, 1.165) is 12.1 Å². The fourth-order valence-corrected chi connectivity index (χ4v) is 3.70. The van der Waals surface area contributed by atoms with Gasteiger partial charge in [0.2, 0.25) is 0 Å². The SMILES string of the molecule is C=CCNc1nc2ccccc2nc1NS(=O)(=O)c1ccc(F)cc1C. The van der Waals surface area contributed by atoms with Gasteiger partial charge in [-0.2, -0.15) is 0 Å². The number of aromatic nitrogens is 2. The third kappa shape index (κ3) is 3.65. The molecule has 1 heterocycles. The lowest BCUT2D eigenvalue weighted by Gasteiger charge is -2.14. The van der Waals surface area contributed by atoms with Crippen molar-refractivity contribution in [3.8, 4) is 0 Å².